The van der Waals surface area contributed by atoms with Crippen molar-refractivity contribution in [2.75, 3.05) is 0 Å². The van der Waals surface area contributed by atoms with Crippen molar-refractivity contribution >= 4 is 45.0 Å². The number of hydrogen-bond acceptors (Lipinski definition) is 4. The highest BCUT2D eigenvalue weighted by Gasteiger charge is 2.20. The van der Waals surface area contributed by atoms with Crippen LogP contribution in [0.2, 0.25) is 5.02 Å². The molecule has 0 aliphatic rings. The lowest BCUT2D eigenvalue weighted by molar-refractivity contribution is -0.122. The topological polar surface area (TPSA) is 76.0 Å². The molecule has 32 heavy (non-hydrogen) atoms. The molecular weight excluding hydrogens is 444 g/mol. The third-order valence-electron chi connectivity index (χ3n) is 5.16. The van der Waals surface area contributed by atoms with Crippen molar-refractivity contribution in [3.63, 3.8) is 0 Å². The molecule has 164 valence electrons. The fourth-order valence-corrected chi connectivity index (χ4v) is 4.65. The first-order valence-corrected chi connectivity index (χ1v) is 11.4. The van der Waals surface area contributed by atoms with Gasteiger partial charge in [-0.1, -0.05) is 60.1 Å². The number of aromatic nitrogens is 2. The number of hydrogen-bond donors (Lipinski definition) is 2. The molecular formula is C24H23ClN4O2S. The first-order chi connectivity index (χ1) is 15.4. The van der Waals surface area contributed by atoms with Crippen LogP contribution in [0.15, 0.2) is 60.7 Å². The Morgan fingerprint density at radius 1 is 1.12 bits per heavy atom. The molecule has 4 aromatic rings. The van der Waals surface area contributed by atoms with Crippen LogP contribution in [0.5, 0.6) is 0 Å². The van der Waals surface area contributed by atoms with Gasteiger partial charge in [-0.25, -0.2) is 0 Å². The first kappa shape index (κ1) is 22.0. The van der Waals surface area contributed by atoms with Gasteiger partial charge >= 0.3 is 0 Å². The van der Waals surface area contributed by atoms with E-state index in [-0.39, 0.29) is 11.8 Å². The van der Waals surface area contributed by atoms with Crippen molar-refractivity contribution in [2.45, 2.75) is 33.0 Å². The highest BCUT2D eigenvalue weighted by atomic mass is 35.5. The highest BCUT2D eigenvalue weighted by molar-refractivity contribution is 7.20. The average molecular weight is 467 g/mol. The second kappa shape index (κ2) is 9.54. The van der Waals surface area contributed by atoms with E-state index in [9.17, 15) is 9.59 Å². The zero-order chi connectivity index (χ0) is 22.7. The van der Waals surface area contributed by atoms with Gasteiger partial charge in [-0.15, -0.1) is 11.3 Å². The number of fused-ring (bicyclic) bond motifs is 1. The van der Waals surface area contributed by atoms with E-state index in [0.717, 1.165) is 27.0 Å². The standard InChI is InChI=1S/C24H23ClN4O2S/c1-15-19-12-21(32-24(19)29(28-15)14-18-10-6-7-11-20(18)25)23(31)27-16(2)22(30)26-13-17-8-4-3-5-9-17/h3-12,16H,13-14H2,1-2H3,(H,26,30)(H,27,31). The van der Waals surface area contributed by atoms with Crippen LogP contribution in [-0.2, 0) is 17.9 Å². The molecule has 0 aliphatic carbocycles. The second-order valence-corrected chi connectivity index (χ2v) is 9.00. The van der Waals surface area contributed by atoms with E-state index in [1.807, 2.05) is 72.3 Å². The maximum atomic E-state index is 12.8. The van der Waals surface area contributed by atoms with Crippen LogP contribution >= 0.6 is 22.9 Å². The summed E-state index contributed by atoms with van der Waals surface area (Å²) in [5, 5.41) is 11.8. The molecule has 2 aromatic carbocycles. The van der Waals surface area contributed by atoms with Gasteiger partial charge in [0.05, 0.1) is 17.1 Å². The van der Waals surface area contributed by atoms with Crippen LogP contribution in [0, 0.1) is 6.92 Å². The quantitative estimate of drug-likeness (QED) is 0.419. The summed E-state index contributed by atoms with van der Waals surface area (Å²) in [6, 6.07) is 18.5. The predicted molar refractivity (Wildman–Crippen MR) is 128 cm³/mol. The van der Waals surface area contributed by atoms with E-state index < -0.39 is 6.04 Å². The number of benzene rings is 2. The monoisotopic (exact) mass is 466 g/mol. The minimum Gasteiger partial charge on any atom is -0.350 e. The van der Waals surface area contributed by atoms with Gasteiger partial charge in [0.2, 0.25) is 5.91 Å². The molecule has 1 unspecified atom stereocenters. The van der Waals surface area contributed by atoms with E-state index in [1.54, 1.807) is 6.92 Å². The maximum Gasteiger partial charge on any atom is 0.262 e. The molecule has 4 rings (SSSR count). The molecule has 6 nitrogen and oxygen atoms in total. The van der Waals surface area contributed by atoms with Crippen LogP contribution in [0.1, 0.15) is 33.4 Å². The highest BCUT2D eigenvalue weighted by Crippen LogP contribution is 2.29. The molecule has 2 aromatic heterocycles. The Hall–Kier alpha value is -3.16. The minimum atomic E-state index is -0.655. The van der Waals surface area contributed by atoms with Gasteiger partial charge in [0, 0.05) is 17.0 Å². The lowest BCUT2D eigenvalue weighted by atomic mass is 10.2. The Labute approximate surface area is 195 Å². The van der Waals surface area contributed by atoms with Gasteiger partial charge in [-0.05, 0) is 37.1 Å². The van der Waals surface area contributed by atoms with Crippen molar-refractivity contribution in [1.29, 1.82) is 0 Å². The summed E-state index contributed by atoms with van der Waals surface area (Å²) in [4.78, 5) is 26.6. The molecule has 0 spiro atoms. The third-order valence-corrected chi connectivity index (χ3v) is 6.68. The van der Waals surface area contributed by atoms with E-state index in [1.165, 1.54) is 11.3 Å². The van der Waals surface area contributed by atoms with Crippen LogP contribution < -0.4 is 10.6 Å². The molecule has 8 heteroatoms. The SMILES string of the molecule is Cc1nn(Cc2ccccc2Cl)c2sc(C(=O)NC(C)C(=O)NCc3ccccc3)cc12. The summed E-state index contributed by atoms with van der Waals surface area (Å²) in [5.41, 5.74) is 2.81. The normalized spacial score (nSPS) is 12.0. The number of carbonyl (C=O) groups excluding carboxylic acids is 2. The zero-order valence-corrected chi connectivity index (χ0v) is 19.3. The van der Waals surface area contributed by atoms with Crippen molar-refractivity contribution < 1.29 is 9.59 Å². The molecule has 0 fully saturated rings. The Kier molecular flexibility index (Phi) is 6.58. The number of amides is 2. The maximum absolute atomic E-state index is 12.8. The van der Waals surface area contributed by atoms with Crippen LogP contribution in [-0.4, -0.2) is 27.6 Å². The Morgan fingerprint density at radius 3 is 2.59 bits per heavy atom. The summed E-state index contributed by atoms with van der Waals surface area (Å²) < 4.78 is 1.86. The number of halogens is 1. The van der Waals surface area contributed by atoms with Crippen molar-refractivity contribution in [3.8, 4) is 0 Å². The van der Waals surface area contributed by atoms with Gasteiger partial charge in [-0.2, -0.15) is 5.10 Å². The Morgan fingerprint density at radius 2 is 1.84 bits per heavy atom. The van der Waals surface area contributed by atoms with Gasteiger partial charge < -0.3 is 10.6 Å². The molecule has 0 saturated heterocycles. The average Bonchev–Trinajstić information content (AvgIpc) is 3.35. The lowest BCUT2D eigenvalue weighted by Crippen LogP contribution is -2.44. The largest absolute Gasteiger partial charge is 0.350 e. The number of nitrogens with zero attached hydrogens (tertiary/aromatic N) is 2. The predicted octanol–water partition coefficient (Wildman–Crippen LogP) is 4.54. The molecule has 0 bridgehead atoms. The van der Waals surface area contributed by atoms with Crippen LogP contribution in [0.3, 0.4) is 0 Å². The zero-order valence-electron chi connectivity index (χ0n) is 17.8. The number of carbonyl (C=O) groups is 2. The molecule has 2 N–H and O–H groups in total. The third kappa shape index (κ3) is 4.84. The van der Waals surface area contributed by atoms with Gasteiger partial charge in [-0.3, -0.25) is 14.3 Å². The molecule has 0 aliphatic heterocycles. The van der Waals surface area contributed by atoms with E-state index >= 15 is 0 Å². The van der Waals surface area contributed by atoms with Crippen molar-refractivity contribution in [2.24, 2.45) is 0 Å². The van der Waals surface area contributed by atoms with E-state index in [2.05, 4.69) is 15.7 Å². The number of nitrogens with one attached hydrogen (secondary N) is 2. The summed E-state index contributed by atoms with van der Waals surface area (Å²) in [6.07, 6.45) is 0. The molecule has 0 saturated carbocycles. The number of rotatable bonds is 7. The van der Waals surface area contributed by atoms with E-state index in [4.69, 9.17) is 11.6 Å². The molecule has 2 amide bonds. The van der Waals surface area contributed by atoms with Crippen LogP contribution in [0.25, 0.3) is 10.2 Å². The summed E-state index contributed by atoms with van der Waals surface area (Å²) in [5.74, 6) is -0.512. The molecule has 1 atom stereocenters. The Balaban J connectivity index is 1.44. The minimum absolute atomic E-state index is 0.232. The summed E-state index contributed by atoms with van der Waals surface area (Å²) >= 11 is 7.66. The first-order valence-electron chi connectivity index (χ1n) is 10.2. The number of thiophene rings is 1. The van der Waals surface area contributed by atoms with Crippen molar-refractivity contribution in [1.82, 2.24) is 20.4 Å². The summed E-state index contributed by atoms with van der Waals surface area (Å²) in [7, 11) is 0. The smallest absolute Gasteiger partial charge is 0.262 e. The van der Waals surface area contributed by atoms with Gasteiger partial charge in [0.15, 0.2) is 0 Å². The fourth-order valence-electron chi connectivity index (χ4n) is 3.39. The lowest BCUT2D eigenvalue weighted by Gasteiger charge is -2.13. The van der Waals surface area contributed by atoms with Gasteiger partial charge in [0.25, 0.3) is 5.91 Å². The fraction of sp³-hybridized carbons (Fsp3) is 0.208. The number of aryl methyl sites for hydroxylation is 1. The van der Waals surface area contributed by atoms with Crippen LogP contribution in [0.4, 0.5) is 0 Å². The van der Waals surface area contributed by atoms with Crippen molar-refractivity contribution in [3.05, 3.63) is 87.4 Å². The molecule has 0 radical (unpaired) electrons. The summed E-state index contributed by atoms with van der Waals surface area (Å²) in [6.45, 7) is 4.53. The van der Waals surface area contributed by atoms with E-state index in [0.29, 0.717) is 23.0 Å². The molecule has 2 heterocycles. The Bertz CT molecular complexity index is 1270. The second-order valence-electron chi connectivity index (χ2n) is 7.56. The van der Waals surface area contributed by atoms with Gasteiger partial charge in [0.1, 0.15) is 10.9 Å².